The molecule has 1 aliphatic rings. The van der Waals surface area contributed by atoms with Crippen molar-refractivity contribution in [2.75, 3.05) is 0 Å². The van der Waals surface area contributed by atoms with Gasteiger partial charge in [0.1, 0.15) is 23.7 Å². The summed E-state index contributed by atoms with van der Waals surface area (Å²) in [5, 5.41) is 1.04. The molecule has 1 heterocycles. The lowest BCUT2D eigenvalue weighted by Crippen LogP contribution is -2.25. The maximum Gasteiger partial charge on any atom is 0.189 e. The summed E-state index contributed by atoms with van der Waals surface area (Å²) < 4.78 is 12.2. The minimum absolute atomic E-state index is 0.158. The molecule has 0 aliphatic carbocycles. The van der Waals surface area contributed by atoms with Crippen molar-refractivity contribution in [3.8, 4) is 11.5 Å². The van der Waals surface area contributed by atoms with E-state index in [1.807, 2.05) is 50.2 Å². The van der Waals surface area contributed by atoms with Gasteiger partial charge in [-0.15, -0.1) is 0 Å². The first kappa shape index (κ1) is 21.5. The van der Waals surface area contributed by atoms with Gasteiger partial charge in [-0.1, -0.05) is 59.6 Å². The van der Waals surface area contributed by atoms with E-state index in [0.29, 0.717) is 34.4 Å². The molecule has 0 unspecified atom stereocenters. The van der Waals surface area contributed by atoms with Crippen LogP contribution in [0.2, 0.25) is 10.0 Å². The number of rotatable bonds is 6. The zero-order chi connectivity index (χ0) is 22.0. The SMILES string of the molecule is CC1(C)Cc2c(OCc3ccccc3)ccc(C(=O)/C=C/c3ccc(Cl)cc3Cl)c2O1. The summed E-state index contributed by atoms with van der Waals surface area (Å²) in [5.74, 6) is 1.17. The molecule has 0 saturated heterocycles. The molecule has 0 amide bonds. The highest BCUT2D eigenvalue weighted by atomic mass is 35.5. The van der Waals surface area contributed by atoms with Crippen molar-refractivity contribution in [1.29, 1.82) is 0 Å². The number of hydrogen-bond donors (Lipinski definition) is 0. The minimum atomic E-state index is -0.410. The van der Waals surface area contributed by atoms with Crippen molar-refractivity contribution in [3.05, 3.63) is 99.0 Å². The van der Waals surface area contributed by atoms with E-state index in [1.54, 1.807) is 30.3 Å². The van der Waals surface area contributed by atoms with E-state index in [-0.39, 0.29) is 5.78 Å². The smallest absolute Gasteiger partial charge is 0.189 e. The number of carbonyl (C=O) groups excluding carboxylic acids is 1. The molecule has 158 valence electrons. The highest BCUT2D eigenvalue weighted by Gasteiger charge is 2.35. The van der Waals surface area contributed by atoms with E-state index >= 15 is 0 Å². The minimum Gasteiger partial charge on any atom is -0.488 e. The molecule has 0 saturated carbocycles. The maximum atomic E-state index is 13.0. The first-order valence-electron chi connectivity index (χ1n) is 10.0. The summed E-state index contributed by atoms with van der Waals surface area (Å²) in [6, 6.07) is 18.7. The van der Waals surface area contributed by atoms with Gasteiger partial charge in [-0.2, -0.15) is 0 Å². The Labute approximate surface area is 192 Å². The van der Waals surface area contributed by atoms with Crippen LogP contribution in [0.5, 0.6) is 11.5 Å². The highest BCUT2D eigenvalue weighted by molar-refractivity contribution is 6.35. The van der Waals surface area contributed by atoms with Crippen molar-refractivity contribution in [2.24, 2.45) is 0 Å². The number of fused-ring (bicyclic) bond motifs is 1. The molecule has 31 heavy (non-hydrogen) atoms. The Morgan fingerprint density at radius 3 is 2.61 bits per heavy atom. The van der Waals surface area contributed by atoms with Crippen LogP contribution in [0.15, 0.2) is 66.7 Å². The zero-order valence-electron chi connectivity index (χ0n) is 17.3. The van der Waals surface area contributed by atoms with Gasteiger partial charge >= 0.3 is 0 Å². The van der Waals surface area contributed by atoms with E-state index in [2.05, 4.69) is 0 Å². The topological polar surface area (TPSA) is 35.5 Å². The Kier molecular flexibility index (Phi) is 6.08. The molecule has 1 aliphatic heterocycles. The van der Waals surface area contributed by atoms with Crippen molar-refractivity contribution in [2.45, 2.75) is 32.5 Å². The quantitative estimate of drug-likeness (QED) is 0.293. The molecule has 5 heteroatoms. The summed E-state index contributed by atoms with van der Waals surface area (Å²) in [7, 11) is 0. The monoisotopic (exact) mass is 452 g/mol. The summed E-state index contributed by atoms with van der Waals surface area (Å²) in [5.41, 5.74) is 2.82. The van der Waals surface area contributed by atoms with Crippen molar-refractivity contribution >= 4 is 35.1 Å². The molecular weight excluding hydrogens is 431 g/mol. The molecule has 0 aromatic heterocycles. The normalized spacial score (nSPS) is 14.3. The molecule has 3 aromatic carbocycles. The van der Waals surface area contributed by atoms with Crippen LogP contribution in [0, 0.1) is 0 Å². The van der Waals surface area contributed by atoms with Crippen LogP contribution in [0.3, 0.4) is 0 Å². The predicted octanol–water partition coefficient (Wildman–Crippen LogP) is 7.18. The van der Waals surface area contributed by atoms with Gasteiger partial charge in [-0.3, -0.25) is 4.79 Å². The van der Waals surface area contributed by atoms with E-state index in [4.69, 9.17) is 32.7 Å². The van der Waals surface area contributed by atoms with Crippen molar-refractivity contribution in [3.63, 3.8) is 0 Å². The van der Waals surface area contributed by atoms with Crippen LogP contribution in [-0.4, -0.2) is 11.4 Å². The Hall–Kier alpha value is -2.75. The molecule has 3 aromatic rings. The Morgan fingerprint density at radius 2 is 1.87 bits per heavy atom. The lowest BCUT2D eigenvalue weighted by molar-refractivity contribution is 0.103. The molecule has 3 nitrogen and oxygen atoms in total. The molecule has 0 fully saturated rings. The van der Waals surface area contributed by atoms with E-state index in [0.717, 1.165) is 22.4 Å². The third kappa shape index (κ3) is 4.95. The molecule has 4 rings (SSSR count). The van der Waals surface area contributed by atoms with Gasteiger partial charge in [0.25, 0.3) is 0 Å². The third-order valence-corrected chi connectivity index (χ3v) is 5.64. The standard InChI is InChI=1S/C26H22Cl2O3/c1-26(2)15-21-24(30-16-17-6-4-3-5-7-17)13-11-20(25(21)31-26)23(29)12-9-18-8-10-19(27)14-22(18)28/h3-14H,15-16H2,1-2H3/b12-9+. The second-order valence-electron chi connectivity index (χ2n) is 8.10. The highest BCUT2D eigenvalue weighted by Crippen LogP contribution is 2.43. The molecule has 0 atom stereocenters. The zero-order valence-corrected chi connectivity index (χ0v) is 18.8. The van der Waals surface area contributed by atoms with Crippen molar-refractivity contribution in [1.82, 2.24) is 0 Å². The second-order valence-corrected chi connectivity index (χ2v) is 8.94. The first-order valence-corrected chi connectivity index (χ1v) is 10.8. The molecule has 0 N–H and O–H groups in total. The van der Waals surface area contributed by atoms with E-state index in [9.17, 15) is 4.79 Å². The van der Waals surface area contributed by atoms with Gasteiger partial charge in [0.2, 0.25) is 0 Å². The fraction of sp³-hybridized carbons (Fsp3) is 0.192. The Bertz CT molecular complexity index is 1150. The van der Waals surface area contributed by atoms with E-state index in [1.165, 1.54) is 6.08 Å². The number of carbonyl (C=O) groups is 1. The van der Waals surface area contributed by atoms with Gasteiger partial charge in [-0.05, 0) is 61.4 Å². The van der Waals surface area contributed by atoms with Crippen LogP contribution in [-0.2, 0) is 13.0 Å². The third-order valence-electron chi connectivity index (χ3n) is 5.08. The predicted molar refractivity (Wildman–Crippen MR) is 125 cm³/mol. The lowest BCUT2D eigenvalue weighted by atomic mass is 9.98. The second kappa shape index (κ2) is 8.78. The van der Waals surface area contributed by atoms with Gasteiger partial charge in [-0.25, -0.2) is 0 Å². The summed E-state index contributed by atoms with van der Waals surface area (Å²) in [6.07, 6.45) is 3.86. The largest absolute Gasteiger partial charge is 0.488 e. The average molecular weight is 453 g/mol. The Morgan fingerprint density at radius 1 is 1.10 bits per heavy atom. The summed E-state index contributed by atoms with van der Waals surface area (Å²) in [4.78, 5) is 13.0. The number of hydrogen-bond acceptors (Lipinski definition) is 3. The van der Waals surface area contributed by atoms with Crippen LogP contribution < -0.4 is 9.47 Å². The van der Waals surface area contributed by atoms with Crippen LogP contribution >= 0.6 is 23.2 Å². The van der Waals surface area contributed by atoms with Gasteiger partial charge in [0, 0.05) is 22.0 Å². The van der Waals surface area contributed by atoms with Gasteiger partial charge in [0.05, 0.1) is 5.56 Å². The molecule has 0 spiro atoms. The molecule has 0 radical (unpaired) electrons. The van der Waals surface area contributed by atoms with Gasteiger partial charge < -0.3 is 9.47 Å². The lowest BCUT2D eigenvalue weighted by Gasteiger charge is -2.17. The molecular formula is C26H22Cl2O3. The van der Waals surface area contributed by atoms with Crippen LogP contribution in [0.25, 0.3) is 6.08 Å². The number of benzene rings is 3. The Balaban J connectivity index is 1.60. The molecule has 0 bridgehead atoms. The van der Waals surface area contributed by atoms with E-state index < -0.39 is 5.60 Å². The summed E-state index contributed by atoms with van der Waals surface area (Å²) >= 11 is 12.1. The number of allylic oxidation sites excluding steroid dienone is 1. The number of ether oxygens (including phenoxy) is 2. The average Bonchev–Trinajstić information content (AvgIpc) is 3.07. The van der Waals surface area contributed by atoms with Crippen LogP contribution in [0.1, 0.15) is 40.9 Å². The first-order chi connectivity index (χ1) is 14.8. The number of halogens is 2. The number of ketones is 1. The van der Waals surface area contributed by atoms with Gasteiger partial charge in [0.15, 0.2) is 5.78 Å². The van der Waals surface area contributed by atoms with Crippen molar-refractivity contribution < 1.29 is 14.3 Å². The summed E-state index contributed by atoms with van der Waals surface area (Å²) in [6.45, 7) is 4.47. The fourth-order valence-corrected chi connectivity index (χ4v) is 4.06. The fourth-order valence-electron chi connectivity index (χ4n) is 3.59. The maximum absolute atomic E-state index is 13.0. The van der Waals surface area contributed by atoms with Crippen LogP contribution in [0.4, 0.5) is 0 Å².